The molecule has 0 aromatic heterocycles. The number of carbonyl (C=O) groups excluding carboxylic acids is 1. The van der Waals surface area contributed by atoms with E-state index >= 15 is 0 Å². The van der Waals surface area contributed by atoms with E-state index in [4.69, 9.17) is 16.9 Å². The van der Waals surface area contributed by atoms with Crippen LogP contribution in [-0.2, 0) is 27.9 Å². The van der Waals surface area contributed by atoms with Crippen molar-refractivity contribution in [2.24, 2.45) is 11.5 Å². The summed E-state index contributed by atoms with van der Waals surface area (Å²) in [5.41, 5.74) is 14.0. The van der Waals surface area contributed by atoms with E-state index in [1.807, 2.05) is 18.2 Å². The van der Waals surface area contributed by atoms with Gasteiger partial charge in [-0.3, -0.25) is 10.2 Å². The molecule has 0 saturated carbocycles. The Morgan fingerprint density at radius 1 is 1.11 bits per heavy atom. The molecule has 1 fully saturated rings. The van der Waals surface area contributed by atoms with Crippen LogP contribution in [0.2, 0.25) is 0 Å². The van der Waals surface area contributed by atoms with Crippen molar-refractivity contribution < 1.29 is 23.4 Å². The molecule has 9 N–H and O–H groups in total. The molecule has 1 atom stereocenters. The molecule has 13 heteroatoms. The summed E-state index contributed by atoms with van der Waals surface area (Å²) in [7, 11) is -3.94. The van der Waals surface area contributed by atoms with Crippen LogP contribution < -0.4 is 22.1 Å². The Kier molecular flexibility index (Phi) is 8.29. The molecule has 1 saturated heterocycles. The third kappa shape index (κ3) is 6.29. The summed E-state index contributed by atoms with van der Waals surface area (Å²) in [6.45, 7) is 2.09. The van der Waals surface area contributed by atoms with Crippen LogP contribution in [-0.4, -0.2) is 71.4 Å². The monoisotopic (exact) mass is 545 g/mol. The van der Waals surface area contributed by atoms with Gasteiger partial charge in [0.25, 0.3) is 0 Å². The van der Waals surface area contributed by atoms with Crippen molar-refractivity contribution in [2.45, 2.75) is 55.8 Å². The van der Waals surface area contributed by atoms with Crippen molar-refractivity contribution in [3.8, 4) is 11.5 Å². The minimum Gasteiger partial charge on any atom is -0.508 e. The lowest BCUT2D eigenvalue weighted by atomic mass is 10.0. The number of phenolic OH excluding ortho intramolecular Hbond substituents is 2. The number of guanidine groups is 1. The van der Waals surface area contributed by atoms with Crippen molar-refractivity contribution in [2.75, 3.05) is 25.0 Å². The quantitative estimate of drug-likeness (QED) is 0.135. The fourth-order valence-electron chi connectivity index (χ4n) is 4.87. The van der Waals surface area contributed by atoms with Gasteiger partial charge in [0, 0.05) is 50.5 Å². The number of sulfonamides is 1. The zero-order chi connectivity index (χ0) is 27.4. The Labute approximate surface area is 222 Å². The summed E-state index contributed by atoms with van der Waals surface area (Å²) in [6.07, 6.45) is 2.70. The molecule has 2 aromatic carbocycles. The number of fused-ring (bicyclic) bond motifs is 1. The van der Waals surface area contributed by atoms with E-state index in [1.165, 1.54) is 16.4 Å². The molecule has 0 radical (unpaired) electrons. The van der Waals surface area contributed by atoms with Crippen LogP contribution in [0.3, 0.4) is 0 Å². The molecule has 38 heavy (non-hydrogen) atoms. The second-order valence-electron chi connectivity index (χ2n) is 9.74. The molecule has 2 aliphatic heterocycles. The molecule has 0 spiro atoms. The number of phenols is 2. The van der Waals surface area contributed by atoms with E-state index in [2.05, 4.69) is 10.6 Å². The van der Waals surface area contributed by atoms with Gasteiger partial charge in [-0.05, 0) is 61.1 Å². The van der Waals surface area contributed by atoms with Crippen molar-refractivity contribution in [1.29, 1.82) is 5.41 Å². The number of hydrogen-bond donors (Lipinski definition) is 7. The molecule has 4 rings (SSSR count). The highest BCUT2D eigenvalue weighted by atomic mass is 32.2. The smallest absolute Gasteiger partial charge is 0.247 e. The first kappa shape index (κ1) is 27.5. The second kappa shape index (κ2) is 11.5. The van der Waals surface area contributed by atoms with Gasteiger partial charge in [0.2, 0.25) is 15.9 Å². The van der Waals surface area contributed by atoms with Gasteiger partial charge in [0.15, 0.2) is 5.96 Å². The van der Waals surface area contributed by atoms with E-state index in [0.29, 0.717) is 32.5 Å². The van der Waals surface area contributed by atoms with Crippen LogP contribution in [0.5, 0.6) is 11.5 Å². The van der Waals surface area contributed by atoms with Crippen LogP contribution >= 0.6 is 0 Å². The van der Waals surface area contributed by atoms with Gasteiger partial charge in [-0.2, -0.15) is 4.31 Å². The van der Waals surface area contributed by atoms with Gasteiger partial charge in [-0.1, -0.05) is 6.07 Å². The maximum absolute atomic E-state index is 13.1. The molecular formula is C25H35N7O5S. The third-order valence-corrected chi connectivity index (χ3v) is 8.80. The number of rotatable bonds is 9. The van der Waals surface area contributed by atoms with Gasteiger partial charge in [-0.15, -0.1) is 0 Å². The van der Waals surface area contributed by atoms with Crippen molar-refractivity contribution in [1.82, 2.24) is 14.5 Å². The first-order valence-electron chi connectivity index (χ1n) is 12.6. The standard InChI is InChI=1S/C25H35N7O5S/c26-21(2-1-9-29-25(27)28)24(35)31-10-7-18(8-11-31)30-19-4-3-16-14-32(15-17(16)12-19)38(36,37)23-6-5-20(33)13-22(23)34/h3-6,12-13,18,21,30,33-34H,1-2,7-11,14-15,26H2,(H4,27,28,29)/t21-/m0/s1. The van der Waals surface area contributed by atoms with E-state index in [9.17, 15) is 23.4 Å². The number of benzene rings is 2. The topological polar surface area (TPSA) is 198 Å². The van der Waals surface area contributed by atoms with Crippen LogP contribution in [0, 0.1) is 5.41 Å². The van der Waals surface area contributed by atoms with Crippen molar-refractivity contribution >= 4 is 27.6 Å². The predicted molar refractivity (Wildman–Crippen MR) is 143 cm³/mol. The SMILES string of the molecule is N=C(N)NCCC[C@H](N)C(=O)N1CCC(Nc2ccc3c(c2)CN(S(=O)(=O)c2ccc(O)cc2O)C3)CC1. The number of likely N-dealkylation sites (tertiary alicyclic amines) is 1. The first-order chi connectivity index (χ1) is 18.0. The molecule has 2 aliphatic rings. The number of nitrogens with one attached hydrogen (secondary N) is 3. The molecule has 0 unspecified atom stereocenters. The fourth-order valence-corrected chi connectivity index (χ4v) is 6.33. The Bertz CT molecular complexity index is 1300. The van der Waals surface area contributed by atoms with E-state index < -0.39 is 21.8 Å². The number of anilines is 1. The van der Waals surface area contributed by atoms with Crippen LogP contribution in [0.4, 0.5) is 5.69 Å². The van der Waals surface area contributed by atoms with Gasteiger partial charge in [0.1, 0.15) is 16.4 Å². The van der Waals surface area contributed by atoms with Gasteiger partial charge in [-0.25, -0.2) is 8.42 Å². The largest absolute Gasteiger partial charge is 0.508 e. The van der Waals surface area contributed by atoms with Gasteiger partial charge < -0.3 is 37.2 Å². The number of hydrogen-bond acceptors (Lipinski definition) is 8. The maximum atomic E-state index is 13.1. The molecule has 2 heterocycles. The highest BCUT2D eigenvalue weighted by Gasteiger charge is 2.33. The van der Waals surface area contributed by atoms with Crippen LogP contribution in [0.25, 0.3) is 0 Å². The van der Waals surface area contributed by atoms with Crippen molar-refractivity contribution in [3.05, 3.63) is 47.5 Å². The third-order valence-electron chi connectivity index (χ3n) is 6.96. The molecular weight excluding hydrogens is 510 g/mol. The summed E-state index contributed by atoms with van der Waals surface area (Å²) < 4.78 is 27.5. The highest BCUT2D eigenvalue weighted by Crippen LogP contribution is 2.35. The summed E-state index contributed by atoms with van der Waals surface area (Å²) in [5.74, 6) is -0.859. The lowest BCUT2D eigenvalue weighted by Gasteiger charge is -2.34. The zero-order valence-electron chi connectivity index (χ0n) is 21.1. The number of aromatic hydroxyl groups is 2. The number of carbonyl (C=O) groups is 1. The van der Waals surface area contributed by atoms with Gasteiger partial charge in [0.05, 0.1) is 6.04 Å². The minimum absolute atomic E-state index is 0.0650. The Morgan fingerprint density at radius 2 is 1.82 bits per heavy atom. The molecule has 0 bridgehead atoms. The Balaban J connectivity index is 1.29. The fraction of sp³-hybridized carbons (Fsp3) is 0.440. The maximum Gasteiger partial charge on any atom is 0.247 e. The molecule has 206 valence electrons. The predicted octanol–water partition coefficient (Wildman–Crippen LogP) is 0.796. The zero-order valence-corrected chi connectivity index (χ0v) is 21.9. The van der Waals surface area contributed by atoms with E-state index in [0.717, 1.165) is 35.7 Å². The number of amides is 1. The number of nitrogens with zero attached hydrogens (tertiary/aromatic N) is 2. The van der Waals surface area contributed by atoms with Crippen LogP contribution in [0.1, 0.15) is 36.8 Å². The first-order valence-corrected chi connectivity index (χ1v) is 14.0. The highest BCUT2D eigenvalue weighted by molar-refractivity contribution is 7.89. The minimum atomic E-state index is -3.94. The Morgan fingerprint density at radius 3 is 2.50 bits per heavy atom. The average Bonchev–Trinajstić information content (AvgIpc) is 3.31. The van der Waals surface area contributed by atoms with E-state index in [-0.39, 0.29) is 41.6 Å². The Hall–Kier alpha value is -3.55. The summed E-state index contributed by atoms with van der Waals surface area (Å²) in [5, 5.41) is 32.9. The molecule has 2 aromatic rings. The summed E-state index contributed by atoms with van der Waals surface area (Å²) >= 11 is 0. The second-order valence-corrected chi connectivity index (χ2v) is 11.6. The normalized spacial score (nSPS) is 17.1. The lowest BCUT2D eigenvalue weighted by Crippen LogP contribution is -2.49. The average molecular weight is 546 g/mol. The molecule has 12 nitrogen and oxygen atoms in total. The summed E-state index contributed by atoms with van der Waals surface area (Å²) in [6, 6.07) is 8.82. The summed E-state index contributed by atoms with van der Waals surface area (Å²) in [4.78, 5) is 14.2. The van der Waals surface area contributed by atoms with Crippen molar-refractivity contribution in [3.63, 3.8) is 0 Å². The van der Waals surface area contributed by atoms with Gasteiger partial charge >= 0.3 is 0 Å². The molecule has 1 amide bonds. The molecule has 0 aliphatic carbocycles. The van der Waals surface area contributed by atoms with E-state index in [1.54, 1.807) is 4.90 Å². The van der Waals surface area contributed by atoms with Crippen LogP contribution in [0.15, 0.2) is 41.3 Å². The number of nitrogens with two attached hydrogens (primary N) is 2. The lowest BCUT2D eigenvalue weighted by molar-refractivity contribution is -0.133. The number of piperidine rings is 1.